The second-order valence-electron chi connectivity index (χ2n) is 5.79. The normalized spacial score (nSPS) is 13.6. The van der Waals surface area contributed by atoms with E-state index in [9.17, 15) is 4.79 Å². The first-order valence-corrected chi connectivity index (χ1v) is 7.53. The third-order valence-electron chi connectivity index (χ3n) is 4.27. The molecule has 4 nitrogen and oxygen atoms in total. The number of aromatic nitrogens is 2. The zero-order valence-electron chi connectivity index (χ0n) is 12.5. The van der Waals surface area contributed by atoms with Crippen molar-refractivity contribution in [3.63, 3.8) is 0 Å². The zero-order valence-corrected chi connectivity index (χ0v) is 12.5. The number of hydrogen-bond acceptors (Lipinski definition) is 2. The minimum absolute atomic E-state index is 0.0939. The molecule has 0 unspecified atom stereocenters. The van der Waals surface area contributed by atoms with Gasteiger partial charge in [-0.05, 0) is 36.6 Å². The Hall–Kier alpha value is -2.62. The molecule has 1 aromatic heterocycles. The van der Waals surface area contributed by atoms with Gasteiger partial charge in [0.15, 0.2) is 0 Å². The van der Waals surface area contributed by atoms with Crippen molar-refractivity contribution < 1.29 is 4.79 Å². The Bertz CT molecular complexity index is 866. The molecule has 0 bridgehead atoms. The molecule has 4 heteroatoms. The fourth-order valence-corrected chi connectivity index (χ4v) is 3.12. The van der Waals surface area contributed by atoms with Crippen LogP contribution in [0.15, 0.2) is 48.7 Å². The number of benzene rings is 2. The predicted molar refractivity (Wildman–Crippen MR) is 87.0 cm³/mol. The third-order valence-corrected chi connectivity index (χ3v) is 4.27. The second kappa shape index (κ2) is 4.98. The van der Waals surface area contributed by atoms with Crippen LogP contribution in [0.2, 0.25) is 0 Å². The van der Waals surface area contributed by atoms with Gasteiger partial charge in [-0.3, -0.25) is 9.48 Å². The molecule has 0 atom stereocenters. The monoisotopic (exact) mass is 291 g/mol. The van der Waals surface area contributed by atoms with E-state index in [1.807, 2.05) is 35.4 Å². The molecule has 1 aliphatic heterocycles. The Labute approximate surface area is 129 Å². The van der Waals surface area contributed by atoms with E-state index >= 15 is 0 Å². The summed E-state index contributed by atoms with van der Waals surface area (Å²) in [6.07, 6.45) is 2.75. The van der Waals surface area contributed by atoms with E-state index in [1.54, 1.807) is 4.68 Å². The van der Waals surface area contributed by atoms with Gasteiger partial charge in [0.25, 0.3) is 0 Å². The molecular weight excluding hydrogens is 274 g/mol. The summed E-state index contributed by atoms with van der Waals surface area (Å²) in [6, 6.07) is 14.3. The second-order valence-corrected chi connectivity index (χ2v) is 5.79. The SMILES string of the molecule is Cc1ccc2cnn(CC(=O)N3CCc4ccccc43)c2c1. The fraction of sp³-hybridized carbons (Fsp3) is 0.222. The lowest BCUT2D eigenvalue weighted by Gasteiger charge is -2.17. The van der Waals surface area contributed by atoms with Crippen molar-refractivity contribution in [2.75, 3.05) is 11.4 Å². The maximum absolute atomic E-state index is 12.7. The summed E-state index contributed by atoms with van der Waals surface area (Å²) < 4.78 is 1.80. The van der Waals surface area contributed by atoms with Crippen molar-refractivity contribution in [1.82, 2.24) is 9.78 Å². The van der Waals surface area contributed by atoms with Crippen LogP contribution in [0.25, 0.3) is 10.9 Å². The molecule has 3 aromatic rings. The summed E-state index contributed by atoms with van der Waals surface area (Å²) in [7, 11) is 0. The van der Waals surface area contributed by atoms with Crippen LogP contribution in [0.3, 0.4) is 0 Å². The number of carbonyl (C=O) groups is 1. The van der Waals surface area contributed by atoms with Gasteiger partial charge in [0.05, 0.1) is 11.7 Å². The number of aryl methyl sites for hydroxylation is 1. The smallest absolute Gasteiger partial charge is 0.248 e. The summed E-state index contributed by atoms with van der Waals surface area (Å²) in [5.74, 6) is 0.0939. The maximum Gasteiger partial charge on any atom is 0.248 e. The van der Waals surface area contributed by atoms with Gasteiger partial charge in [-0.25, -0.2) is 0 Å². The van der Waals surface area contributed by atoms with Crippen LogP contribution in [0.1, 0.15) is 11.1 Å². The molecule has 1 aliphatic rings. The van der Waals surface area contributed by atoms with Crippen molar-refractivity contribution in [3.8, 4) is 0 Å². The van der Waals surface area contributed by atoms with Gasteiger partial charge >= 0.3 is 0 Å². The number of anilines is 1. The predicted octanol–water partition coefficient (Wildman–Crippen LogP) is 2.93. The van der Waals surface area contributed by atoms with Gasteiger partial charge in [-0.1, -0.05) is 30.3 Å². The highest BCUT2D eigenvalue weighted by Crippen LogP contribution is 2.27. The van der Waals surface area contributed by atoms with Gasteiger partial charge in [-0.15, -0.1) is 0 Å². The number of amides is 1. The number of hydrogen-bond donors (Lipinski definition) is 0. The minimum atomic E-state index is 0.0939. The molecule has 2 aromatic carbocycles. The first kappa shape index (κ1) is 13.1. The lowest BCUT2D eigenvalue weighted by Crippen LogP contribution is -2.32. The van der Waals surface area contributed by atoms with Crippen LogP contribution in [0.4, 0.5) is 5.69 Å². The van der Waals surface area contributed by atoms with Crippen molar-refractivity contribution >= 4 is 22.5 Å². The molecule has 0 radical (unpaired) electrons. The molecule has 0 spiro atoms. The maximum atomic E-state index is 12.7. The molecule has 0 saturated heterocycles. The van der Waals surface area contributed by atoms with Crippen LogP contribution in [0.5, 0.6) is 0 Å². The lowest BCUT2D eigenvalue weighted by molar-refractivity contribution is -0.119. The molecular formula is C18H17N3O. The summed E-state index contributed by atoms with van der Waals surface area (Å²) in [4.78, 5) is 14.5. The Balaban J connectivity index is 1.63. The van der Waals surface area contributed by atoms with Gasteiger partial charge in [0.2, 0.25) is 5.91 Å². The molecule has 0 fully saturated rings. The van der Waals surface area contributed by atoms with E-state index in [0.717, 1.165) is 29.6 Å². The summed E-state index contributed by atoms with van der Waals surface area (Å²) in [5.41, 5.74) is 4.48. The molecule has 4 rings (SSSR count). The number of nitrogens with zero attached hydrogens (tertiary/aromatic N) is 3. The molecule has 22 heavy (non-hydrogen) atoms. The highest BCUT2D eigenvalue weighted by molar-refractivity contribution is 5.96. The third kappa shape index (κ3) is 2.08. The van der Waals surface area contributed by atoms with E-state index in [1.165, 1.54) is 11.1 Å². The van der Waals surface area contributed by atoms with E-state index < -0.39 is 0 Å². The summed E-state index contributed by atoms with van der Waals surface area (Å²) >= 11 is 0. The van der Waals surface area contributed by atoms with Crippen molar-refractivity contribution in [2.24, 2.45) is 0 Å². The Kier molecular flexibility index (Phi) is 2.96. The molecule has 0 aliphatic carbocycles. The van der Waals surface area contributed by atoms with Crippen LogP contribution in [-0.2, 0) is 17.8 Å². The van der Waals surface area contributed by atoms with E-state index in [2.05, 4.69) is 30.2 Å². The summed E-state index contributed by atoms with van der Waals surface area (Å²) in [5, 5.41) is 5.44. The molecule has 1 amide bonds. The number of fused-ring (bicyclic) bond motifs is 2. The quantitative estimate of drug-likeness (QED) is 0.728. The molecule has 0 saturated carbocycles. The zero-order chi connectivity index (χ0) is 15.1. The first-order valence-electron chi connectivity index (χ1n) is 7.53. The Morgan fingerprint density at radius 2 is 2.09 bits per heavy atom. The number of carbonyl (C=O) groups excluding carboxylic acids is 1. The van der Waals surface area contributed by atoms with E-state index in [4.69, 9.17) is 0 Å². The standard InChI is InChI=1S/C18H17N3O/c1-13-6-7-15-11-19-21(17(15)10-13)12-18(22)20-9-8-14-4-2-3-5-16(14)20/h2-7,10-11H,8-9,12H2,1H3. The Morgan fingerprint density at radius 3 is 3.00 bits per heavy atom. The first-order chi connectivity index (χ1) is 10.7. The highest BCUT2D eigenvalue weighted by atomic mass is 16.2. The van der Waals surface area contributed by atoms with Gasteiger partial charge in [0, 0.05) is 17.6 Å². The van der Waals surface area contributed by atoms with E-state index in [-0.39, 0.29) is 12.5 Å². The minimum Gasteiger partial charge on any atom is -0.310 e. The average molecular weight is 291 g/mol. The molecule has 2 heterocycles. The van der Waals surface area contributed by atoms with Crippen molar-refractivity contribution in [1.29, 1.82) is 0 Å². The van der Waals surface area contributed by atoms with Gasteiger partial charge in [0.1, 0.15) is 6.54 Å². The van der Waals surface area contributed by atoms with Crippen LogP contribution in [-0.4, -0.2) is 22.2 Å². The van der Waals surface area contributed by atoms with Crippen LogP contribution >= 0.6 is 0 Å². The lowest BCUT2D eigenvalue weighted by atomic mass is 10.2. The van der Waals surface area contributed by atoms with Crippen LogP contribution < -0.4 is 4.90 Å². The van der Waals surface area contributed by atoms with Gasteiger partial charge < -0.3 is 4.90 Å². The number of rotatable bonds is 2. The molecule has 110 valence electrons. The van der Waals surface area contributed by atoms with Crippen LogP contribution in [0, 0.1) is 6.92 Å². The largest absolute Gasteiger partial charge is 0.310 e. The Morgan fingerprint density at radius 1 is 1.23 bits per heavy atom. The highest BCUT2D eigenvalue weighted by Gasteiger charge is 2.24. The van der Waals surface area contributed by atoms with Crippen molar-refractivity contribution in [2.45, 2.75) is 19.9 Å². The molecule has 0 N–H and O–H groups in total. The van der Waals surface area contributed by atoms with E-state index in [0.29, 0.717) is 0 Å². The number of para-hydroxylation sites is 1. The average Bonchev–Trinajstić information content (AvgIpc) is 3.11. The summed E-state index contributed by atoms with van der Waals surface area (Å²) in [6.45, 7) is 3.09. The van der Waals surface area contributed by atoms with Crippen molar-refractivity contribution in [3.05, 3.63) is 59.8 Å². The topological polar surface area (TPSA) is 38.1 Å². The fourth-order valence-electron chi connectivity index (χ4n) is 3.12. The van der Waals surface area contributed by atoms with Gasteiger partial charge in [-0.2, -0.15) is 5.10 Å².